The number of ether oxygens (including phenoxy) is 7. The molecule has 38 heavy (non-hydrogen) atoms. The zero-order valence-electron chi connectivity index (χ0n) is 23.2. The van der Waals surface area contributed by atoms with Gasteiger partial charge in [-0.2, -0.15) is 0 Å². The van der Waals surface area contributed by atoms with Crippen LogP contribution in [0.2, 0.25) is 0 Å². The van der Waals surface area contributed by atoms with Crippen LogP contribution in [0.5, 0.6) is 5.75 Å². The van der Waals surface area contributed by atoms with E-state index in [4.69, 9.17) is 33.2 Å². The van der Waals surface area contributed by atoms with Crippen LogP contribution in [-0.4, -0.2) is 91.2 Å². The van der Waals surface area contributed by atoms with Gasteiger partial charge in [0.1, 0.15) is 19.0 Å². The third-order valence-electron chi connectivity index (χ3n) is 5.13. The van der Waals surface area contributed by atoms with Gasteiger partial charge in [-0.25, -0.2) is 0 Å². The molecule has 0 aromatic heterocycles. The number of carbonyl (C=O) groups excluding carboxylic acids is 2. The molecule has 0 aliphatic heterocycles. The van der Waals surface area contributed by atoms with E-state index in [2.05, 4.69) is 12.2 Å². The van der Waals surface area contributed by atoms with Crippen molar-refractivity contribution in [2.45, 2.75) is 52.4 Å². The summed E-state index contributed by atoms with van der Waals surface area (Å²) in [4.78, 5) is 22.6. The lowest BCUT2D eigenvalue weighted by Gasteiger charge is -2.09. The summed E-state index contributed by atoms with van der Waals surface area (Å²) in [5.41, 5.74) is 0.732. The standard InChI is InChI=1S/C28H47NO9/c1-3-4-5-6-7-8-28(31)38-24-22-36-20-18-34-16-14-32-13-15-33-17-19-35-21-23-37-27-11-9-26(10-12-27)29-25(2)30/h9-12H,3-8,13-24H2,1-2H3,(H,29,30). The van der Waals surface area contributed by atoms with Gasteiger partial charge in [0.2, 0.25) is 5.91 Å². The van der Waals surface area contributed by atoms with Crippen molar-refractivity contribution in [2.75, 3.05) is 84.6 Å². The van der Waals surface area contributed by atoms with Gasteiger partial charge in [0.25, 0.3) is 0 Å². The molecule has 0 saturated heterocycles. The zero-order valence-corrected chi connectivity index (χ0v) is 23.2. The smallest absolute Gasteiger partial charge is 0.305 e. The quantitative estimate of drug-likeness (QED) is 0.137. The van der Waals surface area contributed by atoms with E-state index in [0.29, 0.717) is 84.8 Å². The Kier molecular flexibility index (Phi) is 22.3. The largest absolute Gasteiger partial charge is 0.491 e. The number of amides is 1. The Morgan fingerprint density at radius 2 is 1.11 bits per heavy atom. The Hall–Kier alpha value is -2.24. The van der Waals surface area contributed by atoms with E-state index in [0.717, 1.165) is 18.5 Å². The molecule has 0 aliphatic rings. The highest BCUT2D eigenvalue weighted by atomic mass is 16.6. The summed E-state index contributed by atoms with van der Waals surface area (Å²) < 4.78 is 37.9. The van der Waals surface area contributed by atoms with Gasteiger partial charge in [0, 0.05) is 19.0 Å². The van der Waals surface area contributed by atoms with Crippen LogP contribution in [-0.2, 0) is 38.0 Å². The molecule has 10 heteroatoms. The van der Waals surface area contributed by atoms with E-state index < -0.39 is 0 Å². The molecule has 0 fully saturated rings. The molecular weight excluding hydrogens is 494 g/mol. The van der Waals surface area contributed by atoms with Crippen LogP contribution in [0.3, 0.4) is 0 Å². The molecule has 218 valence electrons. The minimum Gasteiger partial charge on any atom is -0.491 e. The second-order valence-electron chi connectivity index (χ2n) is 8.50. The summed E-state index contributed by atoms with van der Waals surface area (Å²) in [6, 6.07) is 7.17. The molecule has 0 bridgehead atoms. The van der Waals surface area contributed by atoms with Crippen LogP contribution in [0.25, 0.3) is 0 Å². The number of hydrogen-bond acceptors (Lipinski definition) is 9. The van der Waals surface area contributed by atoms with Crippen LogP contribution in [0.15, 0.2) is 24.3 Å². The highest BCUT2D eigenvalue weighted by molar-refractivity contribution is 5.88. The zero-order chi connectivity index (χ0) is 27.5. The SMILES string of the molecule is CCCCCCCC(=O)OCCOCCOCCOCCOCCOCCOc1ccc(NC(C)=O)cc1. The lowest BCUT2D eigenvalue weighted by Crippen LogP contribution is -2.15. The molecule has 1 aromatic carbocycles. The molecule has 0 unspecified atom stereocenters. The molecule has 1 rings (SSSR count). The van der Waals surface area contributed by atoms with Gasteiger partial charge in [-0.3, -0.25) is 9.59 Å². The number of hydrogen-bond donors (Lipinski definition) is 1. The molecule has 10 nitrogen and oxygen atoms in total. The number of nitrogens with one attached hydrogen (secondary N) is 1. The van der Waals surface area contributed by atoms with Crippen molar-refractivity contribution in [2.24, 2.45) is 0 Å². The minimum absolute atomic E-state index is 0.107. The lowest BCUT2D eigenvalue weighted by molar-refractivity contribution is -0.145. The van der Waals surface area contributed by atoms with Gasteiger partial charge in [-0.15, -0.1) is 0 Å². The van der Waals surface area contributed by atoms with Gasteiger partial charge >= 0.3 is 5.97 Å². The highest BCUT2D eigenvalue weighted by Gasteiger charge is 2.02. The minimum atomic E-state index is -0.149. The first-order valence-corrected chi connectivity index (χ1v) is 13.7. The molecule has 0 aliphatic carbocycles. The van der Waals surface area contributed by atoms with Crippen LogP contribution in [0, 0.1) is 0 Å². The van der Waals surface area contributed by atoms with Crippen LogP contribution in [0.4, 0.5) is 5.69 Å². The second kappa shape index (κ2) is 25.1. The first-order valence-electron chi connectivity index (χ1n) is 13.7. The number of benzene rings is 1. The fourth-order valence-electron chi connectivity index (χ4n) is 3.20. The third-order valence-corrected chi connectivity index (χ3v) is 5.13. The van der Waals surface area contributed by atoms with Crippen molar-refractivity contribution < 1.29 is 42.7 Å². The van der Waals surface area contributed by atoms with Gasteiger partial charge in [0.05, 0.1) is 66.1 Å². The Labute approximate surface area is 227 Å². The van der Waals surface area contributed by atoms with Crippen molar-refractivity contribution in [3.63, 3.8) is 0 Å². The maximum atomic E-state index is 11.6. The Morgan fingerprint density at radius 3 is 1.61 bits per heavy atom. The summed E-state index contributed by atoms with van der Waals surface area (Å²) >= 11 is 0. The predicted octanol–water partition coefficient (Wildman–Crippen LogP) is 4.01. The average molecular weight is 542 g/mol. The molecule has 0 heterocycles. The highest BCUT2D eigenvalue weighted by Crippen LogP contribution is 2.15. The topological polar surface area (TPSA) is 111 Å². The Bertz CT molecular complexity index is 700. The van der Waals surface area contributed by atoms with Crippen LogP contribution >= 0.6 is 0 Å². The maximum Gasteiger partial charge on any atom is 0.305 e. The fraction of sp³-hybridized carbons (Fsp3) is 0.714. The molecule has 1 N–H and O–H groups in total. The van der Waals surface area contributed by atoms with E-state index in [1.54, 1.807) is 24.3 Å². The molecule has 0 radical (unpaired) electrons. The second-order valence-corrected chi connectivity index (χ2v) is 8.50. The van der Waals surface area contributed by atoms with E-state index in [9.17, 15) is 9.59 Å². The Morgan fingerprint density at radius 1 is 0.632 bits per heavy atom. The molecule has 0 atom stereocenters. The maximum absolute atomic E-state index is 11.6. The summed E-state index contributed by atoms with van der Waals surface area (Å²) in [6.07, 6.45) is 6.07. The van der Waals surface area contributed by atoms with E-state index in [1.807, 2.05) is 0 Å². The predicted molar refractivity (Wildman–Crippen MR) is 145 cm³/mol. The summed E-state index contributed by atoms with van der Waals surface area (Å²) in [5.74, 6) is 0.460. The third kappa shape index (κ3) is 21.8. The van der Waals surface area contributed by atoms with Crippen molar-refractivity contribution in [3.8, 4) is 5.75 Å². The van der Waals surface area contributed by atoms with Gasteiger partial charge in [-0.1, -0.05) is 32.6 Å². The van der Waals surface area contributed by atoms with Crippen LogP contribution in [0.1, 0.15) is 52.4 Å². The molecule has 0 saturated carbocycles. The van der Waals surface area contributed by atoms with Gasteiger partial charge in [0.15, 0.2) is 0 Å². The monoisotopic (exact) mass is 541 g/mol. The lowest BCUT2D eigenvalue weighted by atomic mass is 10.1. The van der Waals surface area contributed by atoms with Crippen molar-refractivity contribution >= 4 is 17.6 Å². The summed E-state index contributed by atoms with van der Waals surface area (Å²) in [5, 5.41) is 2.71. The molecule has 0 spiro atoms. The molecule has 1 amide bonds. The van der Waals surface area contributed by atoms with E-state index >= 15 is 0 Å². The number of unbranched alkanes of at least 4 members (excludes halogenated alkanes) is 4. The first-order chi connectivity index (χ1) is 18.6. The number of rotatable bonds is 26. The fourth-order valence-corrected chi connectivity index (χ4v) is 3.20. The molecular formula is C28H47NO9. The average Bonchev–Trinajstić information content (AvgIpc) is 2.90. The first kappa shape index (κ1) is 33.8. The van der Waals surface area contributed by atoms with E-state index in [1.165, 1.54) is 26.2 Å². The molecule has 1 aromatic rings. The van der Waals surface area contributed by atoms with Crippen molar-refractivity contribution in [1.29, 1.82) is 0 Å². The van der Waals surface area contributed by atoms with Crippen molar-refractivity contribution in [3.05, 3.63) is 24.3 Å². The Balaban J connectivity index is 1.74. The summed E-state index contributed by atoms with van der Waals surface area (Å²) in [6.45, 7) is 9.01. The van der Waals surface area contributed by atoms with E-state index in [-0.39, 0.29) is 18.5 Å². The number of carbonyl (C=O) groups is 2. The number of anilines is 1. The van der Waals surface area contributed by atoms with Gasteiger partial charge in [-0.05, 0) is 30.7 Å². The van der Waals surface area contributed by atoms with Gasteiger partial charge < -0.3 is 38.5 Å². The summed E-state index contributed by atoms with van der Waals surface area (Å²) in [7, 11) is 0. The normalized spacial score (nSPS) is 10.9. The number of esters is 1. The van der Waals surface area contributed by atoms with Crippen molar-refractivity contribution in [1.82, 2.24) is 0 Å². The van der Waals surface area contributed by atoms with Crippen LogP contribution < -0.4 is 10.1 Å².